The number of halogens is 1. The summed E-state index contributed by atoms with van der Waals surface area (Å²) in [7, 11) is 0. The normalized spacial score (nSPS) is 12.2. The molecule has 0 bridgehead atoms. The van der Waals surface area contributed by atoms with Crippen LogP contribution in [0.2, 0.25) is 0 Å². The van der Waals surface area contributed by atoms with E-state index < -0.39 is 6.04 Å². The maximum Gasteiger partial charge on any atom is 0.249 e. The van der Waals surface area contributed by atoms with E-state index in [-0.39, 0.29) is 11.7 Å². The Kier molecular flexibility index (Phi) is 4.61. The molecule has 1 atom stereocenters. The number of fused-ring (bicyclic) bond motifs is 1. The van der Waals surface area contributed by atoms with Gasteiger partial charge in [0.25, 0.3) is 0 Å². The van der Waals surface area contributed by atoms with Gasteiger partial charge in [-0.1, -0.05) is 30.3 Å². The van der Waals surface area contributed by atoms with Gasteiger partial charge in [-0.05, 0) is 45.6 Å². The number of tetrazole rings is 1. The lowest BCUT2D eigenvalue weighted by Crippen LogP contribution is -2.35. The third kappa shape index (κ3) is 3.55. The van der Waals surface area contributed by atoms with Crippen LogP contribution in [0.1, 0.15) is 11.6 Å². The Morgan fingerprint density at radius 1 is 1.15 bits per heavy atom. The van der Waals surface area contributed by atoms with Crippen molar-refractivity contribution in [3.63, 3.8) is 0 Å². The molecule has 0 aliphatic heterocycles. The zero-order valence-corrected chi connectivity index (χ0v) is 14.4. The first kappa shape index (κ1) is 16.9. The number of nitrogens with one attached hydrogen (secondary N) is 1. The van der Waals surface area contributed by atoms with Gasteiger partial charge in [-0.2, -0.15) is 0 Å². The first-order valence-corrected chi connectivity index (χ1v) is 8.52. The minimum atomic E-state index is -0.653. The highest BCUT2D eigenvalue weighted by molar-refractivity contribution is 5.83. The Hall–Kier alpha value is -3.55. The molecule has 0 saturated carbocycles. The zero-order chi connectivity index (χ0) is 18.6. The van der Waals surface area contributed by atoms with Crippen LogP contribution >= 0.6 is 0 Å². The number of aromatic nitrogens is 5. The zero-order valence-electron chi connectivity index (χ0n) is 14.4. The standard InChI is InChI=1S/C19H17FN6O/c20-16-7-6-14-8-10-25(17(14)12-16)11-9-21-19(27)18(26-13-22-23-24-26)15-4-2-1-3-5-15/h1-8,10,12-13,18H,9,11H2,(H,21,27)/t18-/m0/s1. The van der Waals surface area contributed by atoms with Crippen LogP contribution in [0.15, 0.2) is 67.1 Å². The van der Waals surface area contributed by atoms with Crippen molar-refractivity contribution in [3.8, 4) is 0 Å². The first-order valence-electron chi connectivity index (χ1n) is 8.52. The van der Waals surface area contributed by atoms with Gasteiger partial charge in [-0.15, -0.1) is 5.10 Å². The summed E-state index contributed by atoms with van der Waals surface area (Å²) in [6, 6.07) is 15.3. The monoisotopic (exact) mass is 364 g/mol. The van der Waals surface area contributed by atoms with Gasteiger partial charge in [0.1, 0.15) is 12.1 Å². The molecule has 0 fully saturated rings. The Balaban J connectivity index is 1.48. The number of nitrogens with zero attached hydrogens (tertiary/aromatic N) is 5. The molecule has 8 heteroatoms. The van der Waals surface area contributed by atoms with Crippen LogP contribution in [0.5, 0.6) is 0 Å². The quantitative estimate of drug-likeness (QED) is 0.569. The van der Waals surface area contributed by atoms with Crippen LogP contribution < -0.4 is 5.32 Å². The van der Waals surface area contributed by atoms with E-state index in [4.69, 9.17) is 0 Å². The van der Waals surface area contributed by atoms with Gasteiger partial charge >= 0.3 is 0 Å². The molecule has 0 unspecified atom stereocenters. The third-order valence-electron chi connectivity index (χ3n) is 4.38. The lowest BCUT2D eigenvalue weighted by molar-refractivity contribution is -0.123. The summed E-state index contributed by atoms with van der Waals surface area (Å²) in [5.41, 5.74) is 1.58. The second kappa shape index (κ2) is 7.36. The Morgan fingerprint density at radius 2 is 2.00 bits per heavy atom. The highest BCUT2D eigenvalue weighted by Gasteiger charge is 2.23. The molecule has 2 aromatic heterocycles. The average molecular weight is 364 g/mol. The van der Waals surface area contributed by atoms with Crippen molar-refractivity contribution in [1.29, 1.82) is 0 Å². The van der Waals surface area contributed by atoms with Gasteiger partial charge in [0.15, 0.2) is 6.04 Å². The van der Waals surface area contributed by atoms with E-state index >= 15 is 0 Å². The minimum Gasteiger partial charge on any atom is -0.352 e. The number of carbonyl (C=O) groups is 1. The predicted molar refractivity (Wildman–Crippen MR) is 97.3 cm³/mol. The van der Waals surface area contributed by atoms with Crippen molar-refractivity contribution in [2.45, 2.75) is 12.6 Å². The summed E-state index contributed by atoms with van der Waals surface area (Å²) in [6.07, 6.45) is 3.30. The second-order valence-electron chi connectivity index (χ2n) is 6.11. The summed E-state index contributed by atoms with van der Waals surface area (Å²) in [5, 5.41) is 15.0. The molecule has 7 nitrogen and oxygen atoms in total. The molecule has 2 aromatic carbocycles. The number of hydrogen-bond acceptors (Lipinski definition) is 4. The van der Waals surface area contributed by atoms with E-state index in [9.17, 15) is 9.18 Å². The van der Waals surface area contributed by atoms with Gasteiger partial charge < -0.3 is 9.88 Å². The predicted octanol–water partition coefficient (Wildman–Crippen LogP) is 2.17. The number of benzene rings is 2. The molecule has 136 valence electrons. The number of hydrogen-bond donors (Lipinski definition) is 1. The van der Waals surface area contributed by atoms with E-state index in [0.717, 1.165) is 16.5 Å². The van der Waals surface area contributed by atoms with Crippen molar-refractivity contribution >= 4 is 16.8 Å². The summed E-state index contributed by atoms with van der Waals surface area (Å²) >= 11 is 0. The highest BCUT2D eigenvalue weighted by atomic mass is 19.1. The number of amides is 1. The van der Waals surface area contributed by atoms with Crippen LogP contribution in [0.3, 0.4) is 0 Å². The van der Waals surface area contributed by atoms with E-state index in [0.29, 0.717) is 13.1 Å². The molecule has 27 heavy (non-hydrogen) atoms. The molecule has 0 spiro atoms. The number of carbonyl (C=O) groups excluding carboxylic acids is 1. The van der Waals surface area contributed by atoms with Gasteiger partial charge in [0, 0.05) is 19.3 Å². The van der Waals surface area contributed by atoms with Crippen LogP contribution in [-0.2, 0) is 11.3 Å². The largest absolute Gasteiger partial charge is 0.352 e. The lowest BCUT2D eigenvalue weighted by Gasteiger charge is -2.17. The van der Waals surface area contributed by atoms with Crippen molar-refractivity contribution in [1.82, 2.24) is 30.1 Å². The van der Waals surface area contributed by atoms with E-state index in [1.54, 1.807) is 6.07 Å². The van der Waals surface area contributed by atoms with Gasteiger partial charge in [-0.3, -0.25) is 4.79 Å². The highest BCUT2D eigenvalue weighted by Crippen LogP contribution is 2.18. The average Bonchev–Trinajstić information content (AvgIpc) is 3.33. The van der Waals surface area contributed by atoms with E-state index in [1.165, 1.54) is 23.1 Å². The lowest BCUT2D eigenvalue weighted by atomic mass is 10.1. The van der Waals surface area contributed by atoms with E-state index in [2.05, 4.69) is 20.8 Å². The van der Waals surface area contributed by atoms with Crippen molar-refractivity contribution in [2.24, 2.45) is 0 Å². The summed E-state index contributed by atoms with van der Waals surface area (Å²) < 4.78 is 16.8. The fourth-order valence-electron chi connectivity index (χ4n) is 3.09. The van der Waals surface area contributed by atoms with Crippen LogP contribution in [0.4, 0.5) is 4.39 Å². The number of rotatable bonds is 6. The molecule has 0 aliphatic carbocycles. The van der Waals surface area contributed by atoms with Crippen molar-refractivity contribution in [2.75, 3.05) is 6.54 Å². The fourth-order valence-corrected chi connectivity index (χ4v) is 3.09. The van der Waals surface area contributed by atoms with E-state index in [1.807, 2.05) is 47.2 Å². The van der Waals surface area contributed by atoms with Gasteiger partial charge in [0.05, 0.1) is 5.52 Å². The van der Waals surface area contributed by atoms with Crippen molar-refractivity contribution < 1.29 is 9.18 Å². The molecule has 0 saturated heterocycles. The summed E-state index contributed by atoms with van der Waals surface area (Å²) in [6.45, 7) is 0.917. The Morgan fingerprint density at radius 3 is 2.78 bits per heavy atom. The molecule has 0 radical (unpaired) electrons. The molecular formula is C19H17FN6O. The SMILES string of the molecule is O=C(NCCn1ccc2ccc(F)cc21)[C@H](c1ccccc1)n1cnnn1. The second-order valence-corrected chi connectivity index (χ2v) is 6.11. The molecule has 1 amide bonds. The molecule has 4 rings (SSSR count). The molecule has 0 aliphatic rings. The maximum atomic E-state index is 13.5. The van der Waals surface area contributed by atoms with Crippen LogP contribution in [-0.4, -0.2) is 37.2 Å². The van der Waals surface area contributed by atoms with Gasteiger partial charge in [-0.25, -0.2) is 9.07 Å². The Bertz CT molecular complexity index is 1040. The van der Waals surface area contributed by atoms with Crippen molar-refractivity contribution in [3.05, 3.63) is 78.5 Å². The minimum absolute atomic E-state index is 0.212. The first-order chi connectivity index (χ1) is 13.2. The van der Waals surface area contributed by atoms with Gasteiger partial charge in [0.2, 0.25) is 5.91 Å². The Labute approximate surface area is 154 Å². The summed E-state index contributed by atoms with van der Waals surface area (Å²) in [5.74, 6) is -0.495. The summed E-state index contributed by atoms with van der Waals surface area (Å²) in [4.78, 5) is 12.8. The molecule has 4 aromatic rings. The topological polar surface area (TPSA) is 77.6 Å². The molecule has 1 N–H and O–H groups in total. The molecule has 2 heterocycles. The smallest absolute Gasteiger partial charge is 0.249 e. The molecular weight excluding hydrogens is 347 g/mol. The third-order valence-corrected chi connectivity index (χ3v) is 4.38. The van der Waals surface area contributed by atoms with Crippen LogP contribution in [0.25, 0.3) is 10.9 Å². The fraction of sp³-hybridized carbons (Fsp3) is 0.158. The maximum absolute atomic E-state index is 13.5. The van der Waals surface area contributed by atoms with Crippen LogP contribution in [0, 0.1) is 5.82 Å².